The summed E-state index contributed by atoms with van der Waals surface area (Å²) in [6.45, 7) is 2.73. The van der Waals surface area contributed by atoms with E-state index in [0.29, 0.717) is 35.0 Å². The van der Waals surface area contributed by atoms with Crippen molar-refractivity contribution >= 4 is 40.3 Å². The van der Waals surface area contributed by atoms with Crippen LogP contribution >= 0.6 is 0 Å². The van der Waals surface area contributed by atoms with Crippen LogP contribution in [0.25, 0.3) is 16.8 Å². The maximum Gasteiger partial charge on any atom is 0.275 e. The first-order valence-electron chi connectivity index (χ1n) is 13.1. The number of pyridine rings is 3. The van der Waals surface area contributed by atoms with Crippen molar-refractivity contribution in [3.63, 3.8) is 0 Å². The van der Waals surface area contributed by atoms with E-state index >= 15 is 0 Å². The van der Waals surface area contributed by atoms with Crippen molar-refractivity contribution in [3.8, 4) is 16.9 Å². The molecule has 1 fully saturated rings. The molecule has 0 aliphatic carbocycles. The van der Waals surface area contributed by atoms with Crippen molar-refractivity contribution in [1.29, 1.82) is 0 Å². The lowest BCUT2D eigenvalue weighted by molar-refractivity contribution is -0.117. The highest BCUT2D eigenvalue weighted by molar-refractivity contribution is 6.03. The number of aromatic nitrogens is 4. The molecule has 2 aliphatic heterocycles. The second-order valence-corrected chi connectivity index (χ2v) is 9.88. The minimum atomic E-state index is -0.323. The van der Waals surface area contributed by atoms with E-state index in [-0.39, 0.29) is 17.9 Å². The standard InChI is InChI=1S/C30H25N7O3/c1-18-23-13-27(32-16-24(23)22-8-7-21(12-26(22)40-18)37-10-4-6-29(37)38)33-19-11-20(15-31-14-19)34-30(39)25-17-36-9-3-2-5-28(36)35-25/h2-3,5,7-9,11-18H,4,6,10H2,1H3,(H,32,33)(H,34,39). The summed E-state index contributed by atoms with van der Waals surface area (Å²) in [6.07, 6.45) is 9.86. The van der Waals surface area contributed by atoms with E-state index in [1.165, 1.54) is 0 Å². The second-order valence-electron chi connectivity index (χ2n) is 9.88. The molecule has 10 nitrogen and oxygen atoms in total. The van der Waals surface area contributed by atoms with Crippen LogP contribution in [0.3, 0.4) is 0 Å². The minimum Gasteiger partial charge on any atom is -0.485 e. The molecular weight excluding hydrogens is 506 g/mol. The van der Waals surface area contributed by atoms with E-state index < -0.39 is 0 Å². The molecular formula is C30H25N7O3. The van der Waals surface area contributed by atoms with Crippen LogP contribution in [0, 0.1) is 0 Å². The quantitative estimate of drug-likeness (QED) is 0.314. The molecule has 4 aromatic heterocycles. The van der Waals surface area contributed by atoms with Gasteiger partial charge in [-0.05, 0) is 49.7 Å². The summed E-state index contributed by atoms with van der Waals surface area (Å²) < 4.78 is 8.06. The number of nitrogens with one attached hydrogen (secondary N) is 2. The van der Waals surface area contributed by atoms with Crippen LogP contribution in [-0.4, -0.2) is 37.7 Å². The lowest BCUT2D eigenvalue weighted by Crippen LogP contribution is -2.24. The molecule has 1 unspecified atom stereocenters. The molecule has 1 aromatic carbocycles. The van der Waals surface area contributed by atoms with Crippen molar-refractivity contribution in [2.24, 2.45) is 0 Å². The van der Waals surface area contributed by atoms with Crippen LogP contribution in [0.1, 0.15) is 41.9 Å². The van der Waals surface area contributed by atoms with Gasteiger partial charge >= 0.3 is 0 Å². The summed E-state index contributed by atoms with van der Waals surface area (Å²) in [4.78, 5) is 40.1. The average molecular weight is 532 g/mol. The number of rotatable bonds is 5. The van der Waals surface area contributed by atoms with Gasteiger partial charge in [0.2, 0.25) is 5.91 Å². The summed E-state index contributed by atoms with van der Waals surface area (Å²) in [5.74, 6) is 1.20. The van der Waals surface area contributed by atoms with E-state index in [1.807, 2.05) is 66.7 Å². The van der Waals surface area contributed by atoms with Gasteiger partial charge in [-0.1, -0.05) is 6.07 Å². The number of carbonyl (C=O) groups is 2. The van der Waals surface area contributed by atoms with Gasteiger partial charge in [0.25, 0.3) is 5.91 Å². The number of benzene rings is 1. The smallest absolute Gasteiger partial charge is 0.275 e. The number of fused-ring (bicyclic) bond motifs is 4. The Morgan fingerprint density at radius 1 is 1.05 bits per heavy atom. The summed E-state index contributed by atoms with van der Waals surface area (Å²) in [5, 5.41) is 6.14. The molecule has 40 heavy (non-hydrogen) atoms. The minimum absolute atomic E-state index is 0.148. The first-order valence-corrected chi connectivity index (χ1v) is 13.1. The number of imidazole rings is 1. The zero-order valence-electron chi connectivity index (χ0n) is 21.7. The Morgan fingerprint density at radius 3 is 2.80 bits per heavy atom. The fourth-order valence-electron chi connectivity index (χ4n) is 5.24. The largest absolute Gasteiger partial charge is 0.485 e. The fourth-order valence-corrected chi connectivity index (χ4v) is 5.24. The van der Waals surface area contributed by atoms with Crippen LogP contribution in [0.15, 0.2) is 79.5 Å². The Labute approximate surface area is 229 Å². The molecule has 1 saturated heterocycles. The van der Waals surface area contributed by atoms with Crippen molar-refractivity contribution in [2.75, 3.05) is 22.1 Å². The van der Waals surface area contributed by atoms with E-state index in [1.54, 1.807) is 29.1 Å². The predicted octanol–water partition coefficient (Wildman–Crippen LogP) is 5.37. The van der Waals surface area contributed by atoms with E-state index in [2.05, 4.69) is 25.6 Å². The third kappa shape index (κ3) is 4.29. The molecule has 7 rings (SSSR count). The molecule has 2 N–H and O–H groups in total. The summed E-state index contributed by atoms with van der Waals surface area (Å²) in [5.41, 5.74) is 6.01. The van der Waals surface area contributed by atoms with Gasteiger partial charge in [0, 0.05) is 60.0 Å². The van der Waals surface area contributed by atoms with Gasteiger partial charge < -0.3 is 24.7 Å². The summed E-state index contributed by atoms with van der Waals surface area (Å²) >= 11 is 0. The zero-order valence-corrected chi connectivity index (χ0v) is 21.7. The Balaban J connectivity index is 1.10. The van der Waals surface area contributed by atoms with Crippen molar-refractivity contribution in [1.82, 2.24) is 19.4 Å². The van der Waals surface area contributed by atoms with Gasteiger partial charge in [0.05, 0.1) is 23.8 Å². The molecule has 198 valence electrons. The molecule has 0 spiro atoms. The van der Waals surface area contributed by atoms with Crippen LogP contribution in [0.2, 0.25) is 0 Å². The van der Waals surface area contributed by atoms with E-state index in [9.17, 15) is 9.59 Å². The molecule has 0 radical (unpaired) electrons. The van der Waals surface area contributed by atoms with Crippen LogP contribution in [0.4, 0.5) is 22.9 Å². The number of anilines is 4. The number of ether oxygens (including phenoxy) is 1. The normalized spacial score (nSPS) is 15.9. The van der Waals surface area contributed by atoms with Gasteiger partial charge in [-0.3, -0.25) is 14.6 Å². The highest BCUT2D eigenvalue weighted by Gasteiger charge is 2.27. The predicted molar refractivity (Wildman–Crippen MR) is 151 cm³/mol. The molecule has 0 bridgehead atoms. The average Bonchev–Trinajstić information content (AvgIpc) is 3.59. The van der Waals surface area contributed by atoms with Crippen LogP contribution in [0.5, 0.6) is 5.75 Å². The Hall–Kier alpha value is -5.25. The monoisotopic (exact) mass is 531 g/mol. The fraction of sp³-hybridized carbons (Fsp3) is 0.167. The van der Waals surface area contributed by atoms with Gasteiger partial charge in [-0.2, -0.15) is 0 Å². The van der Waals surface area contributed by atoms with E-state index in [4.69, 9.17) is 4.74 Å². The van der Waals surface area contributed by atoms with E-state index in [0.717, 1.165) is 41.1 Å². The number of amides is 2. The van der Waals surface area contributed by atoms with Gasteiger partial charge in [0.15, 0.2) is 0 Å². The third-order valence-corrected chi connectivity index (χ3v) is 7.18. The molecule has 2 aliphatic rings. The molecule has 1 atom stereocenters. The maximum atomic E-state index is 12.8. The van der Waals surface area contributed by atoms with Crippen LogP contribution in [-0.2, 0) is 4.79 Å². The first kappa shape index (κ1) is 23.8. The molecule has 5 aromatic rings. The van der Waals surface area contributed by atoms with Crippen LogP contribution < -0.4 is 20.3 Å². The first-order chi connectivity index (χ1) is 19.5. The van der Waals surface area contributed by atoms with Crippen molar-refractivity contribution < 1.29 is 14.3 Å². The van der Waals surface area contributed by atoms with Crippen molar-refractivity contribution in [2.45, 2.75) is 25.9 Å². The highest BCUT2D eigenvalue weighted by atomic mass is 16.5. The zero-order chi connectivity index (χ0) is 27.2. The molecule has 6 heterocycles. The molecule has 2 amide bonds. The highest BCUT2D eigenvalue weighted by Crippen LogP contribution is 2.44. The number of hydrogen-bond acceptors (Lipinski definition) is 7. The van der Waals surface area contributed by atoms with Gasteiger partial charge in [0.1, 0.15) is 29.0 Å². The topological polar surface area (TPSA) is 114 Å². The second kappa shape index (κ2) is 9.49. The number of carbonyl (C=O) groups excluding carboxylic acids is 2. The van der Waals surface area contributed by atoms with Crippen molar-refractivity contribution in [3.05, 3.63) is 90.8 Å². The Bertz CT molecular complexity index is 1760. The summed E-state index contributed by atoms with van der Waals surface area (Å²) in [6, 6.07) is 15.3. The van der Waals surface area contributed by atoms with Gasteiger partial charge in [-0.15, -0.1) is 0 Å². The Kier molecular flexibility index (Phi) is 5.66. The maximum absolute atomic E-state index is 12.8. The third-order valence-electron chi connectivity index (χ3n) is 7.18. The molecule has 10 heteroatoms. The number of hydrogen-bond donors (Lipinski definition) is 2. The Morgan fingerprint density at radius 2 is 1.95 bits per heavy atom. The molecule has 0 saturated carbocycles. The van der Waals surface area contributed by atoms with Gasteiger partial charge in [-0.25, -0.2) is 9.97 Å². The number of nitrogens with zero attached hydrogens (tertiary/aromatic N) is 5. The summed E-state index contributed by atoms with van der Waals surface area (Å²) in [7, 11) is 0. The lowest BCUT2D eigenvalue weighted by Gasteiger charge is -2.28. The lowest BCUT2D eigenvalue weighted by atomic mass is 9.94. The SMILES string of the molecule is CC1Oc2cc(N3CCCC3=O)ccc2-c2cnc(Nc3cncc(NC(=O)c4cn5ccccc5n4)c3)cc21.